The number of carboxylic acids is 1. The predicted molar refractivity (Wildman–Crippen MR) is 73.0 cm³/mol. The largest absolute Gasteiger partial charge is 0.481 e. The monoisotopic (exact) mass is 245 g/mol. The fraction of sp³-hybridized carbons (Fsp3) is 0.400. The molecule has 0 atom stereocenters. The number of hydrogen-bond donors (Lipinski definition) is 1. The molecule has 0 aliphatic heterocycles. The van der Waals surface area contributed by atoms with Gasteiger partial charge in [-0.2, -0.15) is 0 Å². The van der Waals surface area contributed by atoms with Crippen molar-refractivity contribution in [2.75, 3.05) is 0 Å². The van der Waals surface area contributed by atoms with Crippen molar-refractivity contribution in [1.29, 1.82) is 0 Å². The first-order valence-corrected chi connectivity index (χ1v) is 6.32. The van der Waals surface area contributed by atoms with E-state index < -0.39 is 5.97 Å². The number of hydrogen-bond acceptors (Lipinski definition) is 1. The van der Waals surface area contributed by atoms with E-state index in [-0.39, 0.29) is 6.42 Å². The molecule has 0 aliphatic rings. The molecule has 0 amide bonds. The maximum absolute atomic E-state index is 10.7. The second-order valence-corrected chi connectivity index (χ2v) is 4.99. The molecule has 3 heteroatoms. The highest BCUT2D eigenvalue weighted by Crippen LogP contribution is 2.27. The standard InChI is InChI=1S/C15H19NO2/c1-10(2)16-11(3)9-13-12(7-8-15(17)18)5-4-6-14(13)16/h4-6,9-10H,7-8H2,1-3H3,(H,17,18). The van der Waals surface area contributed by atoms with Crippen molar-refractivity contribution in [1.82, 2.24) is 4.57 Å². The molecule has 1 aromatic heterocycles. The maximum Gasteiger partial charge on any atom is 0.303 e. The van der Waals surface area contributed by atoms with E-state index in [0.717, 1.165) is 5.56 Å². The lowest BCUT2D eigenvalue weighted by molar-refractivity contribution is -0.136. The fourth-order valence-electron chi connectivity index (χ4n) is 2.59. The zero-order valence-corrected chi connectivity index (χ0v) is 11.1. The van der Waals surface area contributed by atoms with Crippen molar-refractivity contribution in [2.24, 2.45) is 0 Å². The molecule has 0 aliphatic carbocycles. The number of benzene rings is 1. The zero-order valence-electron chi connectivity index (χ0n) is 11.1. The highest BCUT2D eigenvalue weighted by molar-refractivity contribution is 5.85. The highest BCUT2D eigenvalue weighted by Gasteiger charge is 2.11. The predicted octanol–water partition coefficient (Wildman–Crippen LogP) is 3.55. The van der Waals surface area contributed by atoms with Crippen LogP contribution in [0.1, 0.15) is 37.6 Å². The molecule has 1 aromatic carbocycles. The van der Waals surface area contributed by atoms with Crippen LogP contribution in [0.4, 0.5) is 0 Å². The number of rotatable bonds is 4. The van der Waals surface area contributed by atoms with Crippen LogP contribution in [0.25, 0.3) is 10.9 Å². The summed E-state index contributed by atoms with van der Waals surface area (Å²) in [5.74, 6) is -0.744. The third-order valence-corrected chi connectivity index (χ3v) is 3.29. The van der Waals surface area contributed by atoms with Crippen LogP contribution < -0.4 is 0 Å². The molecule has 0 saturated carbocycles. The number of fused-ring (bicyclic) bond motifs is 1. The van der Waals surface area contributed by atoms with Crippen molar-refractivity contribution in [3.63, 3.8) is 0 Å². The number of carbonyl (C=O) groups is 1. The second-order valence-electron chi connectivity index (χ2n) is 4.99. The Hall–Kier alpha value is -1.77. The topological polar surface area (TPSA) is 42.2 Å². The summed E-state index contributed by atoms with van der Waals surface area (Å²) >= 11 is 0. The summed E-state index contributed by atoms with van der Waals surface area (Å²) in [6, 6.07) is 8.71. The minimum absolute atomic E-state index is 0.186. The lowest BCUT2D eigenvalue weighted by atomic mass is 10.1. The summed E-state index contributed by atoms with van der Waals surface area (Å²) in [6.45, 7) is 6.42. The van der Waals surface area contributed by atoms with Crippen LogP contribution in [-0.4, -0.2) is 15.6 Å². The molecule has 2 rings (SSSR count). The molecular formula is C15H19NO2. The van der Waals surface area contributed by atoms with Gasteiger partial charge in [0.15, 0.2) is 0 Å². The Labute approximate surface area is 107 Å². The lowest BCUT2D eigenvalue weighted by Gasteiger charge is -2.12. The smallest absolute Gasteiger partial charge is 0.303 e. The van der Waals surface area contributed by atoms with E-state index in [9.17, 15) is 4.79 Å². The Balaban J connectivity index is 2.50. The molecule has 1 N–H and O–H groups in total. The number of aryl methyl sites for hydroxylation is 2. The van der Waals surface area contributed by atoms with Crippen molar-refractivity contribution in [3.05, 3.63) is 35.5 Å². The Morgan fingerprint density at radius 2 is 2.11 bits per heavy atom. The van der Waals surface area contributed by atoms with E-state index >= 15 is 0 Å². The van der Waals surface area contributed by atoms with E-state index in [1.165, 1.54) is 16.6 Å². The summed E-state index contributed by atoms with van der Waals surface area (Å²) in [7, 11) is 0. The Kier molecular flexibility index (Phi) is 3.41. The van der Waals surface area contributed by atoms with Crippen LogP contribution in [-0.2, 0) is 11.2 Å². The summed E-state index contributed by atoms with van der Waals surface area (Å²) in [5, 5.41) is 9.97. The third kappa shape index (κ3) is 2.26. The van der Waals surface area contributed by atoms with Gasteiger partial charge in [-0.15, -0.1) is 0 Å². The average Bonchev–Trinajstić information content (AvgIpc) is 2.62. The third-order valence-electron chi connectivity index (χ3n) is 3.29. The minimum Gasteiger partial charge on any atom is -0.481 e. The fourth-order valence-corrected chi connectivity index (χ4v) is 2.59. The quantitative estimate of drug-likeness (QED) is 0.895. The van der Waals surface area contributed by atoms with Gasteiger partial charge in [0, 0.05) is 29.1 Å². The molecule has 0 unspecified atom stereocenters. The van der Waals surface area contributed by atoms with Crippen LogP contribution in [0.2, 0.25) is 0 Å². The van der Waals surface area contributed by atoms with Crippen LogP contribution in [0.5, 0.6) is 0 Å². The van der Waals surface area contributed by atoms with Crippen LogP contribution >= 0.6 is 0 Å². The zero-order chi connectivity index (χ0) is 13.3. The summed E-state index contributed by atoms with van der Waals surface area (Å²) in [6.07, 6.45) is 0.777. The average molecular weight is 245 g/mol. The number of aliphatic carboxylic acids is 1. The SMILES string of the molecule is Cc1cc2c(CCC(=O)O)cccc2n1C(C)C. The van der Waals surface area contributed by atoms with Gasteiger partial charge in [-0.05, 0) is 44.9 Å². The first kappa shape index (κ1) is 12.7. The van der Waals surface area contributed by atoms with E-state index in [2.05, 4.69) is 37.5 Å². The number of aromatic nitrogens is 1. The van der Waals surface area contributed by atoms with Gasteiger partial charge in [-0.3, -0.25) is 4.79 Å². The van der Waals surface area contributed by atoms with Crippen LogP contribution in [0, 0.1) is 6.92 Å². The Bertz CT molecular complexity index is 581. The first-order valence-electron chi connectivity index (χ1n) is 6.32. The maximum atomic E-state index is 10.7. The Morgan fingerprint density at radius 1 is 1.39 bits per heavy atom. The van der Waals surface area contributed by atoms with Gasteiger partial charge >= 0.3 is 5.97 Å². The normalized spacial score (nSPS) is 11.3. The molecule has 0 radical (unpaired) electrons. The van der Waals surface area contributed by atoms with Gasteiger partial charge in [0.25, 0.3) is 0 Å². The van der Waals surface area contributed by atoms with Crippen molar-refractivity contribution < 1.29 is 9.90 Å². The van der Waals surface area contributed by atoms with Crippen LogP contribution in [0.3, 0.4) is 0 Å². The van der Waals surface area contributed by atoms with Gasteiger partial charge in [-0.1, -0.05) is 12.1 Å². The minimum atomic E-state index is -0.744. The van der Waals surface area contributed by atoms with Gasteiger partial charge in [-0.25, -0.2) is 0 Å². The summed E-state index contributed by atoms with van der Waals surface area (Å²) in [4.78, 5) is 10.7. The van der Waals surface area contributed by atoms with Gasteiger partial charge in [0.05, 0.1) is 0 Å². The van der Waals surface area contributed by atoms with Gasteiger partial charge in [0.2, 0.25) is 0 Å². The van der Waals surface area contributed by atoms with Crippen molar-refractivity contribution >= 4 is 16.9 Å². The summed E-state index contributed by atoms with van der Waals surface area (Å²) < 4.78 is 2.29. The molecule has 1 heterocycles. The molecule has 96 valence electrons. The number of nitrogens with zero attached hydrogens (tertiary/aromatic N) is 1. The van der Waals surface area contributed by atoms with E-state index in [0.29, 0.717) is 12.5 Å². The Morgan fingerprint density at radius 3 is 2.72 bits per heavy atom. The molecule has 2 aromatic rings. The van der Waals surface area contributed by atoms with E-state index in [4.69, 9.17) is 5.11 Å². The van der Waals surface area contributed by atoms with Gasteiger partial charge < -0.3 is 9.67 Å². The lowest BCUT2D eigenvalue weighted by Crippen LogP contribution is -2.02. The number of carboxylic acid groups (broad SMARTS) is 1. The van der Waals surface area contributed by atoms with Crippen molar-refractivity contribution in [2.45, 2.75) is 39.7 Å². The molecule has 18 heavy (non-hydrogen) atoms. The molecule has 3 nitrogen and oxygen atoms in total. The molecular weight excluding hydrogens is 226 g/mol. The highest BCUT2D eigenvalue weighted by atomic mass is 16.4. The van der Waals surface area contributed by atoms with E-state index in [1.54, 1.807) is 0 Å². The molecule has 0 saturated heterocycles. The van der Waals surface area contributed by atoms with E-state index in [1.807, 2.05) is 12.1 Å². The first-order chi connectivity index (χ1) is 8.50. The molecule has 0 bridgehead atoms. The van der Waals surface area contributed by atoms with Gasteiger partial charge in [0.1, 0.15) is 0 Å². The molecule has 0 spiro atoms. The molecule has 0 fully saturated rings. The second kappa shape index (κ2) is 4.84. The van der Waals surface area contributed by atoms with Crippen LogP contribution in [0.15, 0.2) is 24.3 Å². The van der Waals surface area contributed by atoms with Crippen molar-refractivity contribution in [3.8, 4) is 0 Å². The summed E-state index contributed by atoms with van der Waals surface area (Å²) in [5.41, 5.74) is 3.55.